The normalized spacial score (nSPS) is 12.8. The first-order valence-electron chi connectivity index (χ1n) is 6.38. The maximum atomic E-state index is 6.18. The summed E-state index contributed by atoms with van der Waals surface area (Å²) in [6.45, 7) is 2.02. The lowest BCUT2D eigenvalue weighted by Gasteiger charge is -2.27. The SMILES string of the molecule is Cc1cc(Cl)c(Cl)cc1[C@H](c1ccc(Cl)c(Cl)c1)N(C)C. The van der Waals surface area contributed by atoms with Crippen LogP contribution in [-0.4, -0.2) is 19.0 Å². The molecule has 2 rings (SSSR count). The predicted octanol–water partition coefficient (Wildman–Crippen LogP) is 6.26. The summed E-state index contributed by atoms with van der Waals surface area (Å²) in [6.07, 6.45) is 0. The zero-order valence-corrected chi connectivity index (χ0v) is 14.9. The van der Waals surface area contributed by atoms with Gasteiger partial charge in [-0.25, -0.2) is 0 Å². The number of rotatable bonds is 3. The van der Waals surface area contributed by atoms with E-state index in [-0.39, 0.29) is 6.04 Å². The van der Waals surface area contributed by atoms with E-state index in [1.54, 1.807) is 0 Å². The van der Waals surface area contributed by atoms with Gasteiger partial charge in [0.05, 0.1) is 26.1 Å². The molecule has 0 radical (unpaired) electrons. The molecule has 5 heteroatoms. The van der Waals surface area contributed by atoms with Crippen LogP contribution in [0.25, 0.3) is 0 Å². The molecule has 0 aliphatic heterocycles. The Labute approximate surface area is 145 Å². The lowest BCUT2D eigenvalue weighted by atomic mass is 9.94. The number of hydrogen-bond acceptors (Lipinski definition) is 1. The van der Waals surface area contributed by atoms with Crippen LogP contribution in [0.2, 0.25) is 20.1 Å². The molecule has 2 aromatic rings. The third-order valence-corrected chi connectivity index (χ3v) is 4.84. The van der Waals surface area contributed by atoms with E-state index in [4.69, 9.17) is 46.4 Å². The van der Waals surface area contributed by atoms with Crippen molar-refractivity contribution in [2.24, 2.45) is 0 Å². The predicted molar refractivity (Wildman–Crippen MR) is 93.2 cm³/mol. The highest BCUT2D eigenvalue weighted by Crippen LogP contribution is 2.36. The maximum Gasteiger partial charge on any atom is 0.0600 e. The van der Waals surface area contributed by atoms with Crippen LogP contribution in [-0.2, 0) is 0 Å². The van der Waals surface area contributed by atoms with E-state index >= 15 is 0 Å². The van der Waals surface area contributed by atoms with Crippen LogP contribution in [0.5, 0.6) is 0 Å². The van der Waals surface area contributed by atoms with Gasteiger partial charge in [-0.15, -0.1) is 0 Å². The van der Waals surface area contributed by atoms with Gasteiger partial charge < -0.3 is 0 Å². The molecule has 2 aromatic carbocycles. The molecule has 112 valence electrons. The third kappa shape index (κ3) is 3.67. The van der Waals surface area contributed by atoms with Gasteiger partial charge in [0.2, 0.25) is 0 Å². The van der Waals surface area contributed by atoms with E-state index in [2.05, 4.69) is 4.90 Å². The van der Waals surface area contributed by atoms with Crippen LogP contribution in [0, 0.1) is 6.92 Å². The van der Waals surface area contributed by atoms with Crippen LogP contribution in [0.1, 0.15) is 22.7 Å². The van der Waals surface area contributed by atoms with Crippen molar-refractivity contribution >= 4 is 46.4 Å². The number of hydrogen-bond donors (Lipinski definition) is 0. The third-order valence-electron chi connectivity index (χ3n) is 3.38. The van der Waals surface area contributed by atoms with E-state index in [0.29, 0.717) is 20.1 Å². The fourth-order valence-corrected chi connectivity index (χ4v) is 3.09. The summed E-state index contributed by atoms with van der Waals surface area (Å²) in [7, 11) is 4.02. The molecular weight excluding hydrogens is 348 g/mol. The summed E-state index contributed by atoms with van der Waals surface area (Å²) in [5.74, 6) is 0. The number of aryl methyl sites for hydroxylation is 1. The molecule has 0 amide bonds. The number of halogens is 4. The fourth-order valence-electron chi connectivity index (χ4n) is 2.39. The monoisotopic (exact) mass is 361 g/mol. The van der Waals surface area contributed by atoms with Crippen LogP contribution in [0.4, 0.5) is 0 Å². The molecule has 21 heavy (non-hydrogen) atoms. The Hall–Kier alpha value is -0.440. The quantitative estimate of drug-likeness (QED) is 0.622. The van der Waals surface area contributed by atoms with Crippen molar-refractivity contribution in [3.8, 4) is 0 Å². The Balaban J connectivity index is 2.58. The van der Waals surface area contributed by atoms with Gasteiger partial charge in [0, 0.05) is 0 Å². The molecule has 0 saturated carbocycles. The molecule has 1 nitrogen and oxygen atoms in total. The summed E-state index contributed by atoms with van der Waals surface area (Å²) in [4.78, 5) is 2.10. The lowest BCUT2D eigenvalue weighted by molar-refractivity contribution is 0.341. The molecule has 0 aromatic heterocycles. The molecule has 0 spiro atoms. The first-order valence-corrected chi connectivity index (χ1v) is 7.89. The minimum Gasteiger partial charge on any atom is -0.299 e. The molecule has 0 N–H and O–H groups in total. The zero-order valence-electron chi connectivity index (χ0n) is 11.9. The minimum absolute atomic E-state index is 0.0227. The first kappa shape index (κ1) is 16.9. The highest BCUT2D eigenvalue weighted by atomic mass is 35.5. The van der Waals surface area contributed by atoms with E-state index in [9.17, 15) is 0 Å². The van der Waals surface area contributed by atoms with Crippen molar-refractivity contribution in [2.75, 3.05) is 14.1 Å². The molecule has 0 aliphatic rings. The summed E-state index contributed by atoms with van der Waals surface area (Å²) in [5, 5.41) is 2.19. The van der Waals surface area contributed by atoms with Crippen molar-refractivity contribution in [1.29, 1.82) is 0 Å². The molecular formula is C16H15Cl4N. The second-order valence-corrected chi connectivity index (χ2v) is 6.79. The van der Waals surface area contributed by atoms with Crippen molar-refractivity contribution in [2.45, 2.75) is 13.0 Å². The fraction of sp³-hybridized carbons (Fsp3) is 0.250. The van der Waals surface area contributed by atoms with Gasteiger partial charge in [-0.1, -0.05) is 52.5 Å². The van der Waals surface area contributed by atoms with Gasteiger partial charge in [-0.05, 0) is 62.0 Å². The van der Waals surface area contributed by atoms with E-state index < -0.39 is 0 Å². The van der Waals surface area contributed by atoms with Gasteiger partial charge >= 0.3 is 0 Å². The van der Waals surface area contributed by atoms with Crippen LogP contribution in [0.15, 0.2) is 30.3 Å². The average Bonchev–Trinajstić information content (AvgIpc) is 2.39. The zero-order chi connectivity index (χ0) is 15.7. The molecule has 0 bridgehead atoms. The Morgan fingerprint density at radius 2 is 1.38 bits per heavy atom. The largest absolute Gasteiger partial charge is 0.299 e. The summed E-state index contributed by atoms with van der Waals surface area (Å²) < 4.78 is 0. The van der Waals surface area contributed by atoms with Crippen molar-refractivity contribution in [1.82, 2.24) is 4.90 Å². The van der Waals surface area contributed by atoms with E-state index in [1.807, 2.05) is 51.4 Å². The number of benzene rings is 2. The Morgan fingerprint density at radius 3 is 1.95 bits per heavy atom. The standard InChI is InChI=1S/C16H15Cl4N/c1-9-6-13(18)15(20)8-11(9)16(21(2)3)10-4-5-12(17)14(19)7-10/h4-8,16H,1-3H3/t16-/m0/s1. The molecule has 0 aliphatic carbocycles. The minimum atomic E-state index is 0.0227. The summed E-state index contributed by atoms with van der Waals surface area (Å²) >= 11 is 24.4. The highest BCUT2D eigenvalue weighted by molar-refractivity contribution is 6.42. The van der Waals surface area contributed by atoms with Crippen molar-refractivity contribution in [3.63, 3.8) is 0 Å². The molecule has 0 unspecified atom stereocenters. The van der Waals surface area contributed by atoms with Gasteiger partial charge in [-0.3, -0.25) is 4.90 Å². The lowest BCUT2D eigenvalue weighted by Crippen LogP contribution is -2.22. The second-order valence-electron chi connectivity index (χ2n) is 5.16. The molecule has 1 atom stereocenters. The van der Waals surface area contributed by atoms with E-state index in [0.717, 1.165) is 16.7 Å². The summed E-state index contributed by atoms with van der Waals surface area (Å²) in [6, 6.07) is 9.48. The van der Waals surface area contributed by atoms with Crippen LogP contribution in [0.3, 0.4) is 0 Å². The van der Waals surface area contributed by atoms with Gasteiger partial charge in [0.15, 0.2) is 0 Å². The topological polar surface area (TPSA) is 3.24 Å². The van der Waals surface area contributed by atoms with E-state index in [1.165, 1.54) is 0 Å². The Kier molecular flexibility index (Phi) is 5.45. The molecule has 0 fully saturated rings. The average molecular weight is 363 g/mol. The number of nitrogens with zero attached hydrogens (tertiary/aromatic N) is 1. The van der Waals surface area contributed by atoms with Crippen LogP contribution < -0.4 is 0 Å². The van der Waals surface area contributed by atoms with Crippen molar-refractivity contribution < 1.29 is 0 Å². The summed E-state index contributed by atoms with van der Waals surface area (Å²) in [5.41, 5.74) is 3.22. The van der Waals surface area contributed by atoms with Gasteiger partial charge in [-0.2, -0.15) is 0 Å². The molecule has 0 heterocycles. The second kappa shape index (κ2) is 6.76. The smallest absolute Gasteiger partial charge is 0.0600 e. The molecule has 0 saturated heterocycles. The Morgan fingerprint density at radius 1 is 0.810 bits per heavy atom. The van der Waals surface area contributed by atoms with Crippen LogP contribution >= 0.6 is 46.4 Å². The first-order chi connectivity index (χ1) is 9.81. The highest BCUT2D eigenvalue weighted by Gasteiger charge is 2.20. The maximum absolute atomic E-state index is 6.18. The van der Waals surface area contributed by atoms with Crippen molar-refractivity contribution in [3.05, 3.63) is 67.1 Å². The van der Waals surface area contributed by atoms with Gasteiger partial charge in [0.25, 0.3) is 0 Å². The Bertz CT molecular complexity index is 668. The van der Waals surface area contributed by atoms with Gasteiger partial charge in [0.1, 0.15) is 0 Å².